The molecule has 0 fully saturated rings. The Morgan fingerprint density at radius 1 is 0.241 bits per heavy atom. The van der Waals surface area contributed by atoms with E-state index in [0.29, 0.717) is 19.3 Å². The molecule has 0 heterocycles. The first-order valence-corrected chi connectivity index (χ1v) is 37.5. The van der Waals surface area contributed by atoms with Gasteiger partial charge in [-0.05, 0) is 70.6 Å². The van der Waals surface area contributed by atoms with Crippen LogP contribution in [0.5, 0.6) is 0 Å². The number of esters is 3. The molecular weight excluding hydrogens is 1020 g/mol. The summed E-state index contributed by atoms with van der Waals surface area (Å²) in [6, 6.07) is 0. The summed E-state index contributed by atoms with van der Waals surface area (Å²) < 4.78 is 17.0. The van der Waals surface area contributed by atoms with Gasteiger partial charge < -0.3 is 14.2 Å². The maximum Gasteiger partial charge on any atom is 0.306 e. The second-order valence-electron chi connectivity index (χ2n) is 25.6. The molecule has 488 valence electrons. The predicted octanol–water partition coefficient (Wildman–Crippen LogP) is 25.9. The van der Waals surface area contributed by atoms with Crippen molar-refractivity contribution in [2.45, 2.75) is 425 Å². The highest BCUT2D eigenvalue weighted by Crippen LogP contribution is 2.19. The van der Waals surface area contributed by atoms with Gasteiger partial charge in [-0.15, -0.1) is 0 Å². The topological polar surface area (TPSA) is 78.9 Å². The van der Waals surface area contributed by atoms with E-state index in [1.165, 1.54) is 295 Å². The van der Waals surface area contributed by atoms with E-state index in [-0.39, 0.29) is 31.1 Å². The molecular formula is C77H144O6. The minimum Gasteiger partial charge on any atom is -0.462 e. The molecule has 0 aromatic heterocycles. The number of hydrogen-bond acceptors (Lipinski definition) is 6. The highest BCUT2D eigenvalue weighted by molar-refractivity contribution is 5.71. The molecule has 0 aliphatic rings. The lowest BCUT2D eigenvalue weighted by molar-refractivity contribution is -0.167. The smallest absolute Gasteiger partial charge is 0.306 e. The summed E-state index contributed by atoms with van der Waals surface area (Å²) in [7, 11) is 0. The molecule has 0 aromatic rings. The lowest BCUT2D eigenvalue weighted by Crippen LogP contribution is -2.30. The molecule has 6 heteroatoms. The molecule has 1 atom stereocenters. The zero-order chi connectivity index (χ0) is 59.9. The minimum absolute atomic E-state index is 0.0713. The molecule has 0 amide bonds. The second-order valence-corrected chi connectivity index (χ2v) is 25.6. The largest absolute Gasteiger partial charge is 0.462 e. The molecule has 0 saturated carbocycles. The molecule has 6 nitrogen and oxygen atoms in total. The molecule has 0 saturated heterocycles. The first-order chi connectivity index (χ1) is 41.0. The Bertz CT molecular complexity index is 1380. The van der Waals surface area contributed by atoms with Crippen LogP contribution in [-0.2, 0) is 28.6 Å². The number of allylic oxidation sites excluding steroid dienone is 6. The van der Waals surface area contributed by atoms with Crippen molar-refractivity contribution >= 4 is 17.9 Å². The Kier molecular flexibility index (Phi) is 70.0. The highest BCUT2D eigenvalue weighted by Gasteiger charge is 2.20. The van der Waals surface area contributed by atoms with E-state index in [1.54, 1.807) is 0 Å². The maximum absolute atomic E-state index is 13.0. The summed E-state index contributed by atoms with van der Waals surface area (Å²) in [4.78, 5) is 38.5. The van der Waals surface area contributed by atoms with Crippen LogP contribution in [0.25, 0.3) is 0 Å². The third kappa shape index (κ3) is 70.3. The zero-order valence-corrected chi connectivity index (χ0v) is 56.2. The van der Waals surface area contributed by atoms with Gasteiger partial charge in [0.05, 0.1) is 0 Å². The molecule has 0 bridgehead atoms. The number of rotatable bonds is 70. The third-order valence-corrected chi connectivity index (χ3v) is 17.1. The van der Waals surface area contributed by atoms with Crippen molar-refractivity contribution in [2.75, 3.05) is 13.2 Å². The Balaban J connectivity index is 4.19. The molecule has 0 radical (unpaired) electrons. The van der Waals surface area contributed by atoms with Crippen LogP contribution < -0.4 is 0 Å². The van der Waals surface area contributed by atoms with Crippen molar-refractivity contribution in [1.29, 1.82) is 0 Å². The summed E-state index contributed by atoms with van der Waals surface area (Å²) in [6.07, 6.45) is 90.6. The van der Waals surface area contributed by atoms with Gasteiger partial charge >= 0.3 is 17.9 Å². The number of carbonyl (C=O) groups is 3. The summed E-state index contributed by atoms with van der Waals surface area (Å²) >= 11 is 0. The van der Waals surface area contributed by atoms with Gasteiger partial charge in [0.1, 0.15) is 13.2 Å². The fourth-order valence-electron chi connectivity index (χ4n) is 11.5. The molecule has 0 spiro atoms. The summed E-state index contributed by atoms with van der Waals surface area (Å²) in [5.74, 6) is -0.855. The van der Waals surface area contributed by atoms with Crippen LogP contribution in [0.2, 0.25) is 0 Å². The van der Waals surface area contributed by atoms with Crippen molar-refractivity contribution in [2.24, 2.45) is 0 Å². The lowest BCUT2D eigenvalue weighted by atomic mass is 10.0. The van der Waals surface area contributed by atoms with Gasteiger partial charge in [-0.2, -0.15) is 0 Å². The van der Waals surface area contributed by atoms with Gasteiger partial charge in [-0.25, -0.2) is 0 Å². The Morgan fingerprint density at radius 3 is 0.723 bits per heavy atom. The molecule has 0 N–H and O–H groups in total. The van der Waals surface area contributed by atoms with E-state index in [0.717, 1.165) is 83.5 Å². The first-order valence-electron chi connectivity index (χ1n) is 37.5. The average molecular weight is 1170 g/mol. The lowest BCUT2D eigenvalue weighted by Gasteiger charge is -2.18. The normalized spacial score (nSPS) is 12.2. The van der Waals surface area contributed by atoms with Crippen LogP contribution in [0.4, 0.5) is 0 Å². The van der Waals surface area contributed by atoms with E-state index >= 15 is 0 Å². The summed E-state index contributed by atoms with van der Waals surface area (Å²) in [6.45, 7) is 6.65. The molecule has 0 rings (SSSR count). The fourth-order valence-corrected chi connectivity index (χ4v) is 11.5. The number of ether oxygens (including phenoxy) is 3. The van der Waals surface area contributed by atoms with Crippen molar-refractivity contribution in [3.63, 3.8) is 0 Å². The Morgan fingerprint density at radius 2 is 0.458 bits per heavy atom. The number of unbranched alkanes of at least 4 members (excludes halogenated alkanes) is 53. The first kappa shape index (κ1) is 80.6. The van der Waals surface area contributed by atoms with Crippen LogP contribution in [-0.4, -0.2) is 37.2 Å². The van der Waals surface area contributed by atoms with E-state index in [1.807, 2.05) is 0 Å². The van der Waals surface area contributed by atoms with Gasteiger partial charge in [0.25, 0.3) is 0 Å². The van der Waals surface area contributed by atoms with Gasteiger partial charge in [0.15, 0.2) is 6.10 Å². The van der Waals surface area contributed by atoms with Crippen LogP contribution in [0, 0.1) is 0 Å². The van der Waals surface area contributed by atoms with E-state index in [2.05, 4.69) is 57.2 Å². The fraction of sp³-hybridized carbons (Fsp3) is 0.883. The number of hydrogen-bond donors (Lipinski definition) is 0. The number of carbonyl (C=O) groups excluding carboxylic acids is 3. The van der Waals surface area contributed by atoms with Crippen LogP contribution >= 0.6 is 0 Å². The van der Waals surface area contributed by atoms with Crippen LogP contribution in [0.1, 0.15) is 419 Å². The van der Waals surface area contributed by atoms with Gasteiger partial charge in [-0.1, -0.05) is 365 Å². The molecule has 83 heavy (non-hydrogen) atoms. The van der Waals surface area contributed by atoms with Crippen molar-refractivity contribution in [3.8, 4) is 0 Å². The van der Waals surface area contributed by atoms with Crippen LogP contribution in [0.15, 0.2) is 36.5 Å². The van der Waals surface area contributed by atoms with E-state index in [4.69, 9.17) is 14.2 Å². The monoisotopic (exact) mass is 1170 g/mol. The minimum atomic E-state index is -0.776. The maximum atomic E-state index is 13.0. The van der Waals surface area contributed by atoms with Gasteiger partial charge in [-0.3, -0.25) is 14.4 Å². The van der Waals surface area contributed by atoms with Crippen molar-refractivity contribution < 1.29 is 28.6 Å². The Labute approximate surface area is 518 Å². The van der Waals surface area contributed by atoms with Crippen molar-refractivity contribution in [3.05, 3.63) is 36.5 Å². The molecule has 0 aromatic carbocycles. The predicted molar refractivity (Wildman–Crippen MR) is 362 cm³/mol. The average Bonchev–Trinajstić information content (AvgIpc) is 3.49. The standard InChI is InChI=1S/C77H144O6/c1-4-7-10-13-16-19-22-25-27-29-31-33-35-37-38-40-41-43-45-47-49-52-55-58-61-64-67-70-76(79)82-73-74(72-81-75(78)69-66-63-60-57-54-51-24-21-18-15-12-9-6-3)83-77(80)71-68-65-62-59-56-53-50-48-46-44-42-39-36-34-32-30-28-26-23-20-17-14-11-8-5-2/h12,15,21,24,29,31,74H,4-11,13-14,16-20,22-23,25-28,30,32-73H2,1-3H3/b15-12-,24-21-,31-29-. The van der Waals surface area contributed by atoms with Crippen LogP contribution in [0.3, 0.4) is 0 Å². The van der Waals surface area contributed by atoms with E-state index < -0.39 is 6.10 Å². The zero-order valence-electron chi connectivity index (χ0n) is 56.2. The highest BCUT2D eigenvalue weighted by atomic mass is 16.6. The van der Waals surface area contributed by atoms with Gasteiger partial charge in [0.2, 0.25) is 0 Å². The third-order valence-electron chi connectivity index (χ3n) is 17.1. The van der Waals surface area contributed by atoms with Gasteiger partial charge in [0, 0.05) is 19.3 Å². The SMILES string of the molecule is CCC/C=C\C/C=C\CCCCCCCC(=O)OCC(COC(=O)CCCCCCCCCCCCCCCCC/C=C\CCCCCCCCCC)OC(=O)CCCCCCCCCCCCCCCCCCCCCCCCCCC. The molecule has 0 aliphatic carbocycles. The summed E-state index contributed by atoms with van der Waals surface area (Å²) in [5, 5.41) is 0. The van der Waals surface area contributed by atoms with E-state index in [9.17, 15) is 14.4 Å². The quantitative estimate of drug-likeness (QED) is 0.0261. The Hall–Kier alpha value is -2.37. The summed E-state index contributed by atoms with van der Waals surface area (Å²) in [5.41, 5.74) is 0. The second kappa shape index (κ2) is 72.1. The molecule has 1 unspecified atom stereocenters. The molecule has 0 aliphatic heterocycles. The van der Waals surface area contributed by atoms with Crippen molar-refractivity contribution in [1.82, 2.24) is 0 Å².